The number of hydrogen-bond acceptors (Lipinski definition) is 9. The Bertz CT molecular complexity index is 1850. The summed E-state index contributed by atoms with van der Waals surface area (Å²) < 4.78 is 7.50. The highest BCUT2D eigenvalue weighted by atomic mass is 32.1. The van der Waals surface area contributed by atoms with Gasteiger partial charge in [-0.1, -0.05) is 84.2 Å². The number of aromatic carboxylic acids is 1. The van der Waals surface area contributed by atoms with Gasteiger partial charge in [-0.25, -0.2) is 14.8 Å². The fraction of sp³-hybridized carbons (Fsp3) is 0.314. The molecule has 4 heterocycles. The molecule has 7 rings (SSSR count). The minimum absolute atomic E-state index is 0.0851. The van der Waals surface area contributed by atoms with E-state index in [0.29, 0.717) is 53.6 Å². The molecule has 1 amide bonds. The normalized spacial score (nSPS) is 15.9. The van der Waals surface area contributed by atoms with Gasteiger partial charge in [0, 0.05) is 31.7 Å². The predicted molar refractivity (Wildman–Crippen MR) is 184 cm³/mol. The molecule has 1 fully saturated rings. The number of rotatable bonds is 9. The van der Waals surface area contributed by atoms with Crippen molar-refractivity contribution < 1.29 is 19.4 Å². The zero-order valence-electron chi connectivity index (χ0n) is 25.6. The Morgan fingerprint density at radius 1 is 0.935 bits per heavy atom. The molecule has 2 aromatic heterocycles. The molecule has 0 bridgehead atoms. The number of para-hydroxylation sites is 1. The number of carboxylic acid groups (broad SMARTS) is 1. The summed E-state index contributed by atoms with van der Waals surface area (Å²) in [5, 5.41) is 15.1. The molecule has 0 saturated carbocycles. The van der Waals surface area contributed by atoms with E-state index >= 15 is 0 Å². The van der Waals surface area contributed by atoms with E-state index in [9.17, 15) is 14.7 Å². The predicted octanol–water partition coefficient (Wildman–Crippen LogP) is 7.23. The average Bonchev–Trinajstić information content (AvgIpc) is 3.72. The van der Waals surface area contributed by atoms with Crippen molar-refractivity contribution in [1.29, 1.82) is 0 Å². The molecule has 0 radical (unpaired) electrons. The lowest BCUT2D eigenvalue weighted by atomic mass is 9.88. The van der Waals surface area contributed by atoms with Crippen molar-refractivity contribution in [1.82, 2.24) is 9.97 Å². The van der Waals surface area contributed by atoms with Gasteiger partial charge in [-0.15, -0.1) is 0 Å². The molecule has 1 saturated heterocycles. The molecule has 0 unspecified atom stereocenters. The van der Waals surface area contributed by atoms with E-state index in [4.69, 9.17) is 4.74 Å². The van der Waals surface area contributed by atoms with Crippen LogP contribution in [0.25, 0.3) is 10.2 Å². The summed E-state index contributed by atoms with van der Waals surface area (Å²) in [4.78, 5) is 39.4. The molecule has 0 spiro atoms. The molecule has 11 heteroatoms. The Morgan fingerprint density at radius 2 is 1.72 bits per heavy atom. The Kier molecular flexibility index (Phi) is 8.46. The molecule has 0 atom stereocenters. The van der Waals surface area contributed by atoms with Crippen molar-refractivity contribution in [3.05, 3.63) is 101 Å². The summed E-state index contributed by atoms with van der Waals surface area (Å²) in [7, 11) is 0. The maximum Gasteiger partial charge on any atom is 0.357 e. The van der Waals surface area contributed by atoms with Gasteiger partial charge < -0.3 is 19.6 Å². The smallest absolute Gasteiger partial charge is 0.357 e. The lowest BCUT2D eigenvalue weighted by Gasteiger charge is -2.41. The molecule has 2 aliphatic rings. The highest BCUT2D eigenvalue weighted by molar-refractivity contribution is 7.22. The number of carbonyl (C=O) groups is 2. The molecule has 46 heavy (non-hydrogen) atoms. The van der Waals surface area contributed by atoms with Crippen LogP contribution in [-0.2, 0) is 24.3 Å². The topological polar surface area (TPSA) is 108 Å². The van der Waals surface area contributed by atoms with Crippen LogP contribution in [0.15, 0.2) is 72.8 Å². The first-order valence-corrected chi connectivity index (χ1v) is 17.2. The van der Waals surface area contributed by atoms with Gasteiger partial charge in [-0.05, 0) is 60.6 Å². The number of amides is 1. The van der Waals surface area contributed by atoms with Crippen LogP contribution in [0.3, 0.4) is 0 Å². The Balaban J connectivity index is 1.07. The first-order chi connectivity index (χ1) is 22.4. The largest absolute Gasteiger partial charge is 0.476 e. The highest BCUT2D eigenvalue weighted by Crippen LogP contribution is 2.40. The number of nitrogens with one attached hydrogen (secondary N) is 1. The third-order valence-electron chi connectivity index (χ3n) is 9.10. The van der Waals surface area contributed by atoms with E-state index < -0.39 is 5.97 Å². The summed E-state index contributed by atoms with van der Waals surface area (Å²) in [6.07, 6.45) is 3.26. The zero-order chi connectivity index (χ0) is 31.7. The zero-order valence-corrected chi connectivity index (χ0v) is 27.2. The summed E-state index contributed by atoms with van der Waals surface area (Å²) in [6.45, 7) is 5.28. The Labute approximate surface area is 275 Å². The molecule has 5 aromatic rings. The van der Waals surface area contributed by atoms with Gasteiger partial charge >= 0.3 is 5.97 Å². The number of piperidine rings is 1. The fourth-order valence-corrected chi connectivity index (χ4v) is 8.36. The average molecular weight is 654 g/mol. The van der Waals surface area contributed by atoms with E-state index in [1.165, 1.54) is 22.7 Å². The number of anilines is 3. The quantitative estimate of drug-likeness (QED) is 0.172. The minimum atomic E-state index is -1.03. The number of thiazole rings is 2. The van der Waals surface area contributed by atoms with Crippen LogP contribution in [0.5, 0.6) is 0 Å². The van der Waals surface area contributed by atoms with Gasteiger partial charge in [-0.2, -0.15) is 0 Å². The second kappa shape index (κ2) is 12.8. The maximum atomic E-state index is 13.5. The Morgan fingerprint density at radius 3 is 2.48 bits per heavy atom. The monoisotopic (exact) mass is 653 g/mol. The van der Waals surface area contributed by atoms with E-state index in [1.54, 1.807) is 0 Å². The number of carbonyl (C=O) groups excluding carboxylic acids is 1. The maximum absolute atomic E-state index is 13.5. The molecule has 0 aliphatic carbocycles. The van der Waals surface area contributed by atoms with Crippen molar-refractivity contribution in [2.45, 2.75) is 51.4 Å². The minimum Gasteiger partial charge on any atom is -0.476 e. The van der Waals surface area contributed by atoms with E-state index in [2.05, 4.69) is 50.2 Å². The van der Waals surface area contributed by atoms with E-state index in [0.717, 1.165) is 52.6 Å². The van der Waals surface area contributed by atoms with Crippen molar-refractivity contribution in [3.63, 3.8) is 0 Å². The third kappa shape index (κ3) is 6.10. The number of fused-ring (bicyclic) bond motifs is 2. The molecule has 3 aromatic carbocycles. The standard InChI is InChI=1S/C35H35N5O4S2/c1-2-35(44-22-23-9-4-3-5-10-23)16-19-39(20-17-35)31-29(32(42)43)37-34(46-31)40-18-15-24-11-8-12-25(26(24)21-40)30(41)38-33-36-27-13-6-7-14-28(27)45-33/h3-14H,2,15-22H2,1H3,(H,42,43)(H,36,38,41). The van der Waals surface area contributed by atoms with Crippen molar-refractivity contribution in [2.75, 3.05) is 34.8 Å². The molecular formula is C35H35N5O4S2. The molecule has 2 N–H and O–H groups in total. The number of benzene rings is 3. The van der Waals surface area contributed by atoms with Crippen molar-refractivity contribution in [2.24, 2.45) is 0 Å². The van der Waals surface area contributed by atoms with Gasteiger partial charge in [0.25, 0.3) is 5.91 Å². The molecule has 236 valence electrons. The van der Waals surface area contributed by atoms with Crippen LogP contribution in [0, 0.1) is 0 Å². The molecular weight excluding hydrogens is 619 g/mol. The van der Waals surface area contributed by atoms with Gasteiger partial charge in [0.05, 0.1) is 22.4 Å². The lowest BCUT2D eigenvalue weighted by Crippen LogP contribution is -2.46. The third-order valence-corrected chi connectivity index (χ3v) is 11.2. The number of ether oxygens (including phenoxy) is 1. The van der Waals surface area contributed by atoms with Gasteiger partial charge in [0.15, 0.2) is 16.0 Å². The Hall–Kier alpha value is -4.32. The number of aromatic nitrogens is 2. The van der Waals surface area contributed by atoms with Gasteiger partial charge in [0.1, 0.15) is 5.00 Å². The van der Waals surface area contributed by atoms with Crippen LogP contribution in [0.1, 0.15) is 63.7 Å². The lowest BCUT2D eigenvalue weighted by molar-refractivity contribution is -0.0748. The van der Waals surface area contributed by atoms with Gasteiger partial charge in [0.2, 0.25) is 0 Å². The SMILES string of the molecule is CCC1(OCc2ccccc2)CCN(c2sc(N3CCc4cccc(C(=O)Nc5nc6ccccc6s5)c4C3)nc2C(=O)O)CC1. The van der Waals surface area contributed by atoms with Gasteiger partial charge in [-0.3, -0.25) is 10.1 Å². The fourth-order valence-electron chi connectivity index (χ4n) is 6.36. The van der Waals surface area contributed by atoms with Crippen molar-refractivity contribution >= 4 is 60.0 Å². The summed E-state index contributed by atoms with van der Waals surface area (Å²) in [6, 6.07) is 23.8. The highest BCUT2D eigenvalue weighted by Gasteiger charge is 2.36. The second-order valence-electron chi connectivity index (χ2n) is 11.8. The van der Waals surface area contributed by atoms with Crippen LogP contribution in [0.4, 0.5) is 15.3 Å². The first kappa shape index (κ1) is 30.3. The van der Waals surface area contributed by atoms with Crippen LogP contribution < -0.4 is 15.1 Å². The second-order valence-corrected chi connectivity index (χ2v) is 13.8. The molecule has 2 aliphatic heterocycles. The van der Waals surface area contributed by atoms with E-state index in [-0.39, 0.29) is 17.2 Å². The summed E-state index contributed by atoms with van der Waals surface area (Å²) in [5.41, 5.74) is 4.50. The van der Waals surface area contributed by atoms with Crippen LogP contribution in [0.2, 0.25) is 0 Å². The summed E-state index contributed by atoms with van der Waals surface area (Å²) >= 11 is 2.87. The first-order valence-electron chi connectivity index (χ1n) is 15.6. The number of nitrogens with zero attached hydrogens (tertiary/aromatic N) is 4. The van der Waals surface area contributed by atoms with Crippen molar-refractivity contribution in [3.8, 4) is 0 Å². The number of carboxylic acids is 1. The van der Waals surface area contributed by atoms with E-state index in [1.807, 2.05) is 54.6 Å². The summed E-state index contributed by atoms with van der Waals surface area (Å²) in [5.74, 6) is -1.23. The van der Waals surface area contributed by atoms with Crippen LogP contribution in [-0.4, -0.2) is 52.2 Å². The number of hydrogen-bond donors (Lipinski definition) is 2. The molecule has 9 nitrogen and oxygen atoms in total. The van der Waals surface area contributed by atoms with Crippen LogP contribution >= 0.6 is 22.7 Å².